The number of benzene rings is 2. The molecule has 5 heteroatoms. The fourth-order valence-electron chi connectivity index (χ4n) is 3.19. The Balaban J connectivity index is 1.60. The van der Waals surface area contributed by atoms with E-state index in [-0.39, 0.29) is 6.10 Å². The van der Waals surface area contributed by atoms with E-state index in [2.05, 4.69) is 40.5 Å². The Kier molecular flexibility index (Phi) is 5.66. The van der Waals surface area contributed by atoms with E-state index >= 15 is 0 Å². The first-order valence-electron chi connectivity index (χ1n) is 9.18. The average molecular weight is 352 g/mol. The van der Waals surface area contributed by atoms with E-state index in [1.54, 1.807) is 0 Å². The molecular weight excluding hydrogens is 324 g/mol. The van der Waals surface area contributed by atoms with Crippen LogP contribution in [0, 0.1) is 0 Å². The average Bonchev–Trinajstić information content (AvgIpc) is 2.61. The molecule has 0 aromatic heterocycles. The highest BCUT2D eigenvalue weighted by Crippen LogP contribution is 2.27. The summed E-state index contributed by atoms with van der Waals surface area (Å²) in [5.74, 6) is 1.26. The first kappa shape index (κ1) is 18.1. The van der Waals surface area contributed by atoms with Gasteiger partial charge < -0.3 is 20.7 Å². The molecule has 138 valence electrons. The van der Waals surface area contributed by atoms with Gasteiger partial charge in [0.2, 0.25) is 0 Å². The van der Waals surface area contributed by atoms with E-state index in [0.29, 0.717) is 12.5 Å². The Morgan fingerprint density at radius 2 is 2.00 bits per heavy atom. The third kappa shape index (κ3) is 4.69. The lowest BCUT2D eigenvalue weighted by molar-refractivity contribution is 0.242. The van der Waals surface area contributed by atoms with Gasteiger partial charge in [-0.3, -0.25) is 0 Å². The molecule has 0 spiro atoms. The first-order chi connectivity index (χ1) is 12.5. The van der Waals surface area contributed by atoms with E-state index in [1.165, 1.54) is 23.2 Å². The van der Waals surface area contributed by atoms with E-state index < -0.39 is 0 Å². The predicted molar refractivity (Wildman–Crippen MR) is 109 cm³/mol. The van der Waals surface area contributed by atoms with Crippen molar-refractivity contribution in [1.82, 2.24) is 0 Å². The molecule has 1 aliphatic heterocycles. The zero-order valence-corrected chi connectivity index (χ0v) is 15.8. The van der Waals surface area contributed by atoms with Crippen molar-refractivity contribution in [3.05, 3.63) is 53.6 Å². The lowest BCUT2D eigenvalue weighted by atomic mass is 10.00. The van der Waals surface area contributed by atoms with Crippen LogP contribution >= 0.6 is 0 Å². The van der Waals surface area contributed by atoms with Crippen LogP contribution in [0.3, 0.4) is 0 Å². The second kappa shape index (κ2) is 8.13. The lowest BCUT2D eigenvalue weighted by Crippen LogP contribution is -2.24. The highest BCUT2D eigenvalue weighted by molar-refractivity contribution is 5.92. The van der Waals surface area contributed by atoms with Crippen LogP contribution < -0.4 is 20.7 Å². The summed E-state index contributed by atoms with van der Waals surface area (Å²) in [6.07, 6.45) is 2.50. The van der Waals surface area contributed by atoms with Gasteiger partial charge in [-0.1, -0.05) is 12.1 Å². The number of rotatable bonds is 5. The van der Waals surface area contributed by atoms with E-state index in [1.807, 2.05) is 38.1 Å². The molecule has 0 saturated carbocycles. The van der Waals surface area contributed by atoms with Crippen LogP contribution in [-0.2, 0) is 13.0 Å². The number of guanidine groups is 1. The molecule has 0 unspecified atom stereocenters. The molecule has 0 bridgehead atoms. The zero-order valence-electron chi connectivity index (χ0n) is 15.8. The zero-order chi connectivity index (χ0) is 18.5. The molecule has 3 N–H and O–H groups in total. The standard InChI is InChI=1S/C21H28N4O/c1-15(2)26-19-9-7-18(8-10-19)24-21(22)23-14-16-6-11-20-17(13-16)5-4-12-25(20)3/h6-11,13,15H,4-5,12,14H2,1-3H3,(H3,22,23,24). The molecule has 26 heavy (non-hydrogen) atoms. The van der Waals surface area contributed by atoms with Crippen molar-refractivity contribution in [3.63, 3.8) is 0 Å². The molecular formula is C21H28N4O. The molecule has 0 fully saturated rings. The number of nitrogens with one attached hydrogen (secondary N) is 1. The summed E-state index contributed by atoms with van der Waals surface area (Å²) in [7, 11) is 2.15. The topological polar surface area (TPSA) is 62.9 Å². The summed E-state index contributed by atoms with van der Waals surface area (Å²) in [5, 5.41) is 3.13. The van der Waals surface area contributed by atoms with Gasteiger partial charge in [-0.25, -0.2) is 4.99 Å². The number of anilines is 2. The minimum absolute atomic E-state index is 0.164. The fourth-order valence-corrected chi connectivity index (χ4v) is 3.19. The van der Waals surface area contributed by atoms with Crippen molar-refractivity contribution in [2.45, 2.75) is 39.3 Å². The second-order valence-corrected chi connectivity index (χ2v) is 7.01. The van der Waals surface area contributed by atoms with Gasteiger partial charge >= 0.3 is 0 Å². The minimum Gasteiger partial charge on any atom is -0.491 e. The van der Waals surface area contributed by atoms with Gasteiger partial charge in [-0.2, -0.15) is 0 Å². The number of hydrogen-bond acceptors (Lipinski definition) is 3. The maximum atomic E-state index is 6.03. The smallest absolute Gasteiger partial charge is 0.193 e. The van der Waals surface area contributed by atoms with Crippen LogP contribution in [0.15, 0.2) is 47.5 Å². The summed E-state index contributed by atoms with van der Waals surface area (Å²) >= 11 is 0. The number of fused-ring (bicyclic) bond motifs is 1. The Morgan fingerprint density at radius 1 is 1.23 bits per heavy atom. The molecule has 0 aliphatic carbocycles. The van der Waals surface area contributed by atoms with Gasteiger partial charge in [-0.05, 0) is 68.1 Å². The number of hydrogen-bond donors (Lipinski definition) is 2. The monoisotopic (exact) mass is 352 g/mol. The Bertz CT molecular complexity index is 768. The summed E-state index contributed by atoms with van der Waals surface area (Å²) in [4.78, 5) is 6.78. The van der Waals surface area contributed by atoms with Gasteiger partial charge in [0, 0.05) is 25.0 Å². The number of nitrogens with two attached hydrogens (primary N) is 1. The van der Waals surface area contributed by atoms with Crippen molar-refractivity contribution >= 4 is 17.3 Å². The molecule has 3 rings (SSSR count). The van der Waals surface area contributed by atoms with E-state index in [0.717, 1.165) is 24.4 Å². The molecule has 1 aliphatic rings. The van der Waals surface area contributed by atoms with Crippen LogP contribution in [0.4, 0.5) is 11.4 Å². The quantitative estimate of drug-likeness (QED) is 0.635. The number of aryl methyl sites for hydroxylation is 1. The predicted octanol–water partition coefficient (Wildman–Crippen LogP) is 3.78. The first-order valence-corrected chi connectivity index (χ1v) is 9.18. The maximum Gasteiger partial charge on any atom is 0.193 e. The van der Waals surface area contributed by atoms with Crippen molar-refractivity contribution < 1.29 is 4.74 Å². The Labute approximate surface area is 155 Å². The van der Waals surface area contributed by atoms with Crippen molar-refractivity contribution in [1.29, 1.82) is 0 Å². The van der Waals surface area contributed by atoms with Gasteiger partial charge in [0.05, 0.1) is 12.6 Å². The maximum absolute atomic E-state index is 6.03. The molecule has 0 atom stereocenters. The number of nitrogens with zero attached hydrogens (tertiary/aromatic N) is 2. The highest BCUT2D eigenvalue weighted by Gasteiger charge is 2.13. The highest BCUT2D eigenvalue weighted by atomic mass is 16.5. The summed E-state index contributed by atoms with van der Waals surface area (Å²) in [6.45, 7) is 5.72. The molecule has 0 radical (unpaired) electrons. The van der Waals surface area contributed by atoms with Crippen LogP contribution in [0.5, 0.6) is 5.75 Å². The number of ether oxygens (including phenoxy) is 1. The number of aliphatic imine (C=N–C) groups is 1. The van der Waals surface area contributed by atoms with E-state index in [4.69, 9.17) is 10.5 Å². The third-order valence-electron chi connectivity index (χ3n) is 4.43. The van der Waals surface area contributed by atoms with Crippen molar-refractivity contribution in [2.24, 2.45) is 10.7 Å². The molecule has 2 aromatic carbocycles. The largest absolute Gasteiger partial charge is 0.491 e. The Morgan fingerprint density at radius 3 is 2.73 bits per heavy atom. The van der Waals surface area contributed by atoms with Crippen molar-refractivity contribution in [3.8, 4) is 5.75 Å². The minimum atomic E-state index is 0.164. The summed E-state index contributed by atoms with van der Waals surface area (Å²) in [6, 6.07) is 14.3. The lowest BCUT2D eigenvalue weighted by Gasteiger charge is -2.27. The summed E-state index contributed by atoms with van der Waals surface area (Å²) in [5.41, 5.74) is 10.8. The molecule has 2 aromatic rings. The van der Waals surface area contributed by atoms with Crippen LogP contribution in [0.25, 0.3) is 0 Å². The van der Waals surface area contributed by atoms with E-state index in [9.17, 15) is 0 Å². The van der Waals surface area contributed by atoms with Gasteiger partial charge in [-0.15, -0.1) is 0 Å². The summed E-state index contributed by atoms with van der Waals surface area (Å²) < 4.78 is 5.64. The van der Waals surface area contributed by atoms with Gasteiger partial charge in [0.25, 0.3) is 0 Å². The van der Waals surface area contributed by atoms with Crippen LogP contribution in [-0.4, -0.2) is 25.7 Å². The molecule has 0 saturated heterocycles. The molecule has 0 amide bonds. The second-order valence-electron chi connectivity index (χ2n) is 7.01. The molecule has 5 nitrogen and oxygen atoms in total. The van der Waals surface area contributed by atoms with Crippen LogP contribution in [0.2, 0.25) is 0 Å². The van der Waals surface area contributed by atoms with Gasteiger partial charge in [0.1, 0.15) is 5.75 Å². The van der Waals surface area contributed by atoms with Gasteiger partial charge in [0.15, 0.2) is 5.96 Å². The normalized spacial score (nSPS) is 14.3. The van der Waals surface area contributed by atoms with Crippen molar-refractivity contribution in [2.75, 3.05) is 23.8 Å². The molecule has 1 heterocycles. The third-order valence-corrected chi connectivity index (χ3v) is 4.43. The SMILES string of the molecule is CC(C)Oc1ccc(NC(N)=NCc2ccc3c(c2)CCCN3C)cc1. The fraction of sp³-hybridized carbons (Fsp3) is 0.381. The Hall–Kier alpha value is -2.69. The van der Waals surface area contributed by atoms with Crippen LogP contribution in [0.1, 0.15) is 31.4 Å².